The SMILES string of the molecule is COc1cc(C)c(C(O)C(C)Cl)cc1OC. The Balaban J connectivity index is 3.21. The van der Waals surface area contributed by atoms with Crippen LogP contribution in [0.4, 0.5) is 0 Å². The normalized spacial score (nSPS) is 14.4. The molecule has 0 heterocycles. The molecule has 90 valence electrons. The highest BCUT2D eigenvalue weighted by Gasteiger charge is 2.18. The van der Waals surface area contributed by atoms with Crippen molar-refractivity contribution in [1.29, 1.82) is 0 Å². The van der Waals surface area contributed by atoms with Gasteiger partial charge in [-0.05, 0) is 37.1 Å². The third kappa shape index (κ3) is 2.60. The predicted molar refractivity (Wildman–Crippen MR) is 64.6 cm³/mol. The van der Waals surface area contributed by atoms with Gasteiger partial charge >= 0.3 is 0 Å². The largest absolute Gasteiger partial charge is 0.493 e. The molecule has 3 nitrogen and oxygen atoms in total. The van der Waals surface area contributed by atoms with Gasteiger partial charge in [-0.1, -0.05) is 0 Å². The van der Waals surface area contributed by atoms with E-state index in [0.29, 0.717) is 11.5 Å². The number of methoxy groups -OCH3 is 2. The average Bonchev–Trinajstić information content (AvgIpc) is 2.27. The fraction of sp³-hybridized carbons (Fsp3) is 0.500. The molecule has 0 fully saturated rings. The number of ether oxygens (including phenoxy) is 2. The molecular weight excluding hydrogens is 228 g/mol. The Morgan fingerprint density at radius 1 is 1.19 bits per heavy atom. The van der Waals surface area contributed by atoms with E-state index in [9.17, 15) is 5.11 Å². The average molecular weight is 245 g/mol. The lowest BCUT2D eigenvalue weighted by Crippen LogP contribution is -2.10. The summed E-state index contributed by atoms with van der Waals surface area (Å²) in [4.78, 5) is 0. The molecule has 0 aliphatic rings. The van der Waals surface area contributed by atoms with E-state index in [0.717, 1.165) is 11.1 Å². The molecule has 1 aromatic carbocycles. The van der Waals surface area contributed by atoms with Gasteiger partial charge in [-0.25, -0.2) is 0 Å². The van der Waals surface area contributed by atoms with Gasteiger partial charge in [0, 0.05) is 0 Å². The van der Waals surface area contributed by atoms with Crippen molar-refractivity contribution >= 4 is 11.6 Å². The Labute approximate surface area is 101 Å². The molecule has 2 unspecified atom stereocenters. The van der Waals surface area contributed by atoms with E-state index in [1.165, 1.54) is 0 Å². The summed E-state index contributed by atoms with van der Waals surface area (Å²) in [6.45, 7) is 3.65. The van der Waals surface area contributed by atoms with Crippen LogP contribution in [0.3, 0.4) is 0 Å². The Hall–Kier alpha value is -0.930. The van der Waals surface area contributed by atoms with E-state index < -0.39 is 6.10 Å². The zero-order valence-electron chi connectivity index (χ0n) is 9.95. The Morgan fingerprint density at radius 2 is 1.69 bits per heavy atom. The summed E-state index contributed by atoms with van der Waals surface area (Å²) in [7, 11) is 3.14. The van der Waals surface area contributed by atoms with Gasteiger partial charge in [0.25, 0.3) is 0 Å². The van der Waals surface area contributed by atoms with Gasteiger partial charge in [0.05, 0.1) is 25.7 Å². The van der Waals surface area contributed by atoms with Gasteiger partial charge in [0.1, 0.15) is 0 Å². The lowest BCUT2D eigenvalue weighted by molar-refractivity contribution is 0.176. The number of hydrogen-bond acceptors (Lipinski definition) is 3. The lowest BCUT2D eigenvalue weighted by atomic mass is 10.0. The minimum absolute atomic E-state index is 0.350. The standard InChI is InChI=1S/C12H17ClO3/c1-7-5-10(15-3)11(16-4)6-9(7)12(14)8(2)13/h5-6,8,12,14H,1-4H3. The number of halogens is 1. The van der Waals surface area contributed by atoms with Crippen molar-refractivity contribution < 1.29 is 14.6 Å². The maximum Gasteiger partial charge on any atom is 0.161 e. The van der Waals surface area contributed by atoms with Gasteiger partial charge in [0.15, 0.2) is 11.5 Å². The van der Waals surface area contributed by atoms with E-state index in [2.05, 4.69) is 0 Å². The van der Waals surface area contributed by atoms with Gasteiger partial charge in [-0.2, -0.15) is 0 Å². The van der Waals surface area contributed by atoms with E-state index in [1.54, 1.807) is 27.2 Å². The van der Waals surface area contributed by atoms with Crippen LogP contribution in [0, 0.1) is 6.92 Å². The molecule has 0 saturated carbocycles. The Bertz CT molecular complexity index is 364. The summed E-state index contributed by atoms with van der Waals surface area (Å²) in [5.41, 5.74) is 1.69. The minimum atomic E-state index is -0.707. The van der Waals surface area contributed by atoms with Crippen LogP contribution in [-0.4, -0.2) is 24.7 Å². The van der Waals surface area contributed by atoms with Crippen LogP contribution in [0.2, 0.25) is 0 Å². The van der Waals surface area contributed by atoms with E-state index in [-0.39, 0.29) is 5.38 Å². The summed E-state index contributed by atoms with van der Waals surface area (Å²) in [5.74, 6) is 1.25. The molecule has 0 spiro atoms. The zero-order chi connectivity index (χ0) is 12.3. The summed E-state index contributed by atoms with van der Waals surface area (Å²) in [6, 6.07) is 3.59. The van der Waals surface area contributed by atoms with Gasteiger partial charge in [-0.15, -0.1) is 11.6 Å². The minimum Gasteiger partial charge on any atom is -0.493 e. The Kier molecular flexibility index (Phi) is 4.44. The topological polar surface area (TPSA) is 38.7 Å². The molecule has 2 atom stereocenters. The van der Waals surface area contributed by atoms with Crippen LogP contribution >= 0.6 is 11.6 Å². The number of rotatable bonds is 4. The maximum absolute atomic E-state index is 9.93. The monoisotopic (exact) mass is 244 g/mol. The van der Waals surface area contributed by atoms with Crippen LogP contribution in [0.1, 0.15) is 24.2 Å². The highest BCUT2D eigenvalue weighted by Crippen LogP contribution is 2.34. The lowest BCUT2D eigenvalue weighted by Gasteiger charge is -2.18. The molecule has 0 aliphatic heterocycles. The van der Waals surface area contributed by atoms with Gasteiger partial charge in [0.2, 0.25) is 0 Å². The number of alkyl halides is 1. The van der Waals surface area contributed by atoms with Crippen LogP contribution < -0.4 is 9.47 Å². The van der Waals surface area contributed by atoms with Crippen LogP contribution in [-0.2, 0) is 0 Å². The summed E-state index contributed by atoms with van der Waals surface area (Å²) < 4.78 is 10.4. The van der Waals surface area contributed by atoms with Crippen molar-refractivity contribution in [2.75, 3.05) is 14.2 Å². The fourth-order valence-corrected chi connectivity index (χ4v) is 1.70. The quantitative estimate of drug-likeness (QED) is 0.828. The van der Waals surface area contributed by atoms with Crippen LogP contribution in [0.5, 0.6) is 11.5 Å². The molecule has 0 amide bonds. The Morgan fingerprint density at radius 3 is 2.12 bits per heavy atom. The van der Waals surface area contributed by atoms with Crippen molar-refractivity contribution in [2.24, 2.45) is 0 Å². The highest BCUT2D eigenvalue weighted by molar-refractivity contribution is 6.20. The van der Waals surface area contributed by atoms with Crippen LogP contribution in [0.15, 0.2) is 12.1 Å². The summed E-state index contributed by atoms with van der Waals surface area (Å²) >= 11 is 5.88. The fourth-order valence-electron chi connectivity index (χ4n) is 1.56. The third-order valence-electron chi connectivity index (χ3n) is 2.53. The smallest absolute Gasteiger partial charge is 0.161 e. The number of aliphatic hydroxyl groups excluding tert-OH is 1. The van der Waals surface area contributed by atoms with E-state index in [4.69, 9.17) is 21.1 Å². The first kappa shape index (κ1) is 13.1. The summed E-state index contributed by atoms with van der Waals surface area (Å²) in [6.07, 6.45) is -0.707. The van der Waals surface area contributed by atoms with Gasteiger partial charge in [-0.3, -0.25) is 0 Å². The van der Waals surface area contributed by atoms with E-state index >= 15 is 0 Å². The third-order valence-corrected chi connectivity index (χ3v) is 2.76. The van der Waals surface area contributed by atoms with Crippen molar-refractivity contribution in [1.82, 2.24) is 0 Å². The summed E-state index contributed by atoms with van der Waals surface area (Å²) in [5, 5.41) is 9.58. The first-order valence-electron chi connectivity index (χ1n) is 5.06. The molecule has 4 heteroatoms. The second-order valence-electron chi connectivity index (χ2n) is 3.69. The second kappa shape index (κ2) is 5.41. The van der Waals surface area contributed by atoms with Crippen LogP contribution in [0.25, 0.3) is 0 Å². The predicted octanol–water partition coefficient (Wildman–Crippen LogP) is 2.67. The van der Waals surface area contributed by atoms with E-state index in [1.807, 2.05) is 13.0 Å². The zero-order valence-corrected chi connectivity index (χ0v) is 10.7. The number of aliphatic hydroxyl groups is 1. The molecule has 1 aromatic rings. The highest BCUT2D eigenvalue weighted by atomic mass is 35.5. The molecule has 1 N–H and O–H groups in total. The van der Waals surface area contributed by atoms with Crippen molar-refractivity contribution in [3.8, 4) is 11.5 Å². The molecular formula is C12H17ClO3. The number of benzene rings is 1. The molecule has 0 radical (unpaired) electrons. The van der Waals surface area contributed by atoms with Crippen molar-refractivity contribution in [2.45, 2.75) is 25.3 Å². The van der Waals surface area contributed by atoms with Crippen molar-refractivity contribution in [3.05, 3.63) is 23.3 Å². The maximum atomic E-state index is 9.93. The first-order chi connectivity index (χ1) is 7.51. The van der Waals surface area contributed by atoms with Gasteiger partial charge < -0.3 is 14.6 Å². The van der Waals surface area contributed by atoms with Crippen molar-refractivity contribution in [3.63, 3.8) is 0 Å². The number of aryl methyl sites for hydroxylation is 1. The molecule has 0 aliphatic carbocycles. The number of hydrogen-bond donors (Lipinski definition) is 1. The second-order valence-corrected chi connectivity index (χ2v) is 4.37. The molecule has 0 bridgehead atoms. The molecule has 0 saturated heterocycles. The molecule has 1 rings (SSSR count). The molecule has 16 heavy (non-hydrogen) atoms. The molecule has 0 aromatic heterocycles. The first-order valence-corrected chi connectivity index (χ1v) is 5.49.